The molecule has 0 radical (unpaired) electrons. The van der Waals surface area contributed by atoms with Crippen molar-refractivity contribution in [1.29, 1.82) is 0 Å². The molecule has 148 valence electrons. The molecule has 2 rings (SSSR count). The Morgan fingerprint density at radius 3 is 2.18 bits per heavy atom. The molecule has 2 amide bonds. The van der Waals surface area contributed by atoms with Gasteiger partial charge in [0.25, 0.3) is 11.8 Å². The normalized spacial score (nSPS) is 9.96. The SMILES string of the molecule is CCOc1ccc(C(=O)NC(=S)NNC(=O)COc2cc(C)cc(C)c2)cc1. The molecule has 0 aliphatic heterocycles. The Kier molecular flexibility index (Phi) is 7.76. The van der Waals surface area contributed by atoms with Crippen LogP contribution >= 0.6 is 12.2 Å². The van der Waals surface area contributed by atoms with Crippen LogP contribution in [0.2, 0.25) is 0 Å². The summed E-state index contributed by atoms with van der Waals surface area (Å²) < 4.78 is 10.8. The first-order valence-electron chi connectivity index (χ1n) is 8.71. The molecule has 8 heteroatoms. The molecule has 0 fully saturated rings. The number of amides is 2. The van der Waals surface area contributed by atoms with Gasteiger partial charge in [-0.25, -0.2) is 0 Å². The molecule has 0 atom stereocenters. The van der Waals surface area contributed by atoms with Crippen molar-refractivity contribution in [3.63, 3.8) is 0 Å². The van der Waals surface area contributed by atoms with E-state index in [-0.39, 0.29) is 11.7 Å². The van der Waals surface area contributed by atoms with Crippen LogP contribution in [0, 0.1) is 13.8 Å². The summed E-state index contributed by atoms with van der Waals surface area (Å²) in [5.41, 5.74) is 7.35. The van der Waals surface area contributed by atoms with Gasteiger partial charge in [-0.2, -0.15) is 0 Å². The lowest BCUT2D eigenvalue weighted by molar-refractivity contribution is -0.123. The third-order valence-corrected chi connectivity index (χ3v) is 3.74. The van der Waals surface area contributed by atoms with E-state index in [0.717, 1.165) is 11.1 Å². The number of ether oxygens (including phenoxy) is 2. The smallest absolute Gasteiger partial charge is 0.276 e. The first kappa shape index (κ1) is 21.2. The van der Waals surface area contributed by atoms with Gasteiger partial charge < -0.3 is 9.47 Å². The molecule has 2 aromatic rings. The standard InChI is InChI=1S/C20H23N3O4S/c1-4-26-16-7-5-15(6-8-16)19(25)21-20(28)23-22-18(24)12-27-17-10-13(2)9-14(3)11-17/h5-11H,4,12H2,1-3H3,(H,22,24)(H2,21,23,25,28). The Balaban J connectivity index is 1.74. The van der Waals surface area contributed by atoms with Gasteiger partial charge >= 0.3 is 0 Å². The van der Waals surface area contributed by atoms with Gasteiger partial charge in [0.2, 0.25) is 0 Å². The Morgan fingerprint density at radius 2 is 1.57 bits per heavy atom. The predicted molar refractivity (Wildman–Crippen MR) is 110 cm³/mol. The molecule has 0 saturated carbocycles. The topological polar surface area (TPSA) is 88.7 Å². The number of hydrogen-bond acceptors (Lipinski definition) is 5. The van der Waals surface area contributed by atoms with Gasteiger partial charge in [0.15, 0.2) is 11.7 Å². The third kappa shape index (κ3) is 6.88. The van der Waals surface area contributed by atoms with Crippen LogP contribution in [0.25, 0.3) is 0 Å². The van der Waals surface area contributed by atoms with Crippen molar-refractivity contribution in [3.8, 4) is 11.5 Å². The fourth-order valence-corrected chi connectivity index (χ4v) is 2.55. The molecule has 0 aromatic heterocycles. The second kappa shape index (κ2) is 10.3. The van der Waals surface area contributed by atoms with Crippen molar-refractivity contribution in [3.05, 3.63) is 59.2 Å². The average Bonchev–Trinajstić information content (AvgIpc) is 2.65. The van der Waals surface area contributed by atoms with Crippen LogP contribution in [-0.4, -0.2) is 30.1 Å². The number of carbonyl (C=O) groups is 2. The van der Waals surface area contributed by atoms with Crippen molar-refractivity contribution >= 4 is 29.1 Å². The number of benzene rings is 2. The Hall–Kier alpha value is -3.13. The molecular weight excluding hydrogens is 378 g/mol. The molecule has 0 unspecified atom stereocenters. The molecule has 0 bridgehead atoms. The molecule has 0 spiro atoms. The van der Waals surface area contributed by atoms with E-state index in [1.807, 2.05) is 39.0 Å². The summed E-state index contributed by atoms with van der Waals surface area (Å²) in [5, 5.41) is 2.45. The highest BCUT2D eigenvalue weighted by Crippen LogP contribution is 2.16. The van der Waals surface area contributed by atoms with E-state index in [9.17, 15) is 9.59 Å². The van der Waals surface area contributed by atoms with Gasteiger partial charge in [-0.3, -0.25) is 25.8 Å². The number of hydrazine groups is 1. The quantitative estimate of drug-likeness (QED) is 0.509. The molecule has 2 aromatic carbocycles. The van der Waals surface area contributed by atoms with Gasteiger partial charge in [0.05, 0.1) is 6.61 Å². The second-order valence-electron chi connectivity index (χ2n) is 6.03. The minimum Gasteiger partial charge on any atom is -0.494 e. The molecule has 0 heterocycles. The molecule has 0 aliphatic rings. The lowest BCUT2D eigenvalue weighted by atomic mass is 10.1. The minimum atomic E-state index is -0.433. The van der Waals surface area contributed by atoms with Gasteiger partial charge in [0.1, 0.15) is 11.5 Å². The van der Waals surface area contributed by atoms with Crippen molar-refractivity contribution in [2.24, 2.45) is 0 Å². The molecule has 7 nitrogen and oxygen atoms in total. The maximum atomic E-state index is 12.1. The minimum absolute atomic E-state index is 0.0290. The van der Waals surface area contributed by atoms with E-state index >= 15 is 0 Å². The number of aryl methyl sites for hydroxylation is 2. The first-order chi connectivity index (χ1) is 13.4. The summed E-state index contributed by atoms with van der Waals surface area (Å²) in [6.45, 7) is 6.14. The van der Waals surface area contributed by atoms with Crippen molar-refractivity contribution < 1.29 is 19.1 Å². The Bertz CT molecular complexity index is 833. The van der Waals surface area contributed by atoms with E-state index in [0.29, 0.717) is 23.7 Å². The molecule has 0 saturated heterocycles. The molecule has 28 heavy (non-hydrogen) atoms. The number of hydrogen-bond donors (Lipinski definition) is 3. The summed E-state index contributed by atoms with van der Waals surface area (Å²) in [5.74, 6) is 0.452. The largest absolute Gasteiger partial charge is 0.494 e. The van der Waals surface area contributed by atoms with E-state index < -0.39 is 11.8 Å². The van der Waals surface area contributed by atoms with E-state index in [1.54, 1.807) is 24.3 Å². The predicted octanol–water partition coefficient (Wildman–Crippen LogP) is 2.42. The number of rotatable bonds is 6. The summed E-state index contributed by atoms with van der Waals surface area (Å²) in [6, 6.07) is 12.3. The highest BCUT2D eigenvalue weighted by atomic mass is 32.1. The summed E-state index contributed by atoms with van der Waals surface area (Å²) >= 11 is 5.00. The lowest BCUT2D eigenvalue weighted by Gasteiger charge is -2.12. The monoisotopic (exact) mass is 401 g/mol. The zero-order valence-electron chi connectivity index (χ0n) is 16.0. The summed E-state index contributed by atoms with van der Waals surface area (Å²) in [6.07, 6.45) is 0. The average molecular weight is 401 g/mol. The van der Waals surface area contributed by atoms with Gasteiger partial charge in [-0.05, 0) is 80.5 Å². The van der Waals surface area contributed by atoms with Gasteiger partial charge in [-0.1, -0.05) is 6.07 Å². The number of thiocarbonyl (C=S) groups is 1. The molecule has 0 aliphatic carbocycles. The Morgan fingerprint density at radius 1 is 0.929 bits per heavy atom. The van der Waals surface area contributed by atoms with Crippen molar-refractivity contribution in [2.75, 3.05) is 13.2 Å². The fraction of sp³-hybridized carbons (Fsp3) is 0.250. The third-order valence-electron chi connectivity index (χ3n) is 3.54. The summed E-state index contributed by atoms with van der Waals surface area (Å²) in [7, 11) is 0. The van der Waals surface area contributed by atoms with Crippen LogP contribution < -0.4 is 25.6 Å². The lowest BCUT2D eigenvalue weighted by Crippen LogP contribution is -2.49. The maximum Gasteiger partial charge on any atom is 0.276 e. The number of nitrogens with one attached hydrogen (secondary N) is 3. The second-order valence-corrected chi connectivity index (χ2v) is 6.43. The highest BCUT2D eigenvalue weighted by molar-refractivity contribution is 7.80. The molecular formula is C20H23N3O4S. The van der Waals surface area contributed by atoms with Crippen LogP contribution in [0.3, 0.4) is 0 Å². The van der Waals surface area contributed by atoms with E-state index in [4.69, 9.17) is 21.7 Å². The van der Waals surface area contributed by atoms with Crippen LogP contribution in [0.5, 0.6) is 11.5 Å². The molecule has 3 N–H and O–H groups in total. The number of carbonyl (C=O) groups excluding carboxylic acids is 2. The summed E-state index contributed by atoms with van der Waals surface area (Å²) in [4.78, 5) is 24.0. The van der Waals surface area contributed by atoms with Gasteiger partial charge in [0, 0.05) is 5.56 Å². The van der Waals surface area contributed by atoms with E-state index in [1.165, 1.54) is 0 Å². The Labute approximate surface area is 169 Å². The van der Waals surface area contributed by atoms with Crippen molar-refractivity contribution in [1.82, 2.24) is 16.2 Å². The first-order valence-corrected chi connectivity index (χ1v) is 9.12. The zero-order chi connectivity index (χ0) is 20.5. The van der Waals surface area contributed by atoms with Crippen LogP contribution in [-0.2, 0) is 4.79 Å². The van der Waals surface area contributed by atoms with Crippen LogP contribution in [0.15, 0.2) is 42.5 Å². The van der Waals surface area contributed by atoms with Crippen molar-refractivity contribution in [2.45, 2.75) is 20.8 Å². The zero-order valence-corrected chi connectivity index (χ0v) is 16.8. The fourth-order valence-electron chi connectivity index (χ4n) is 2.40. The van der Waals surface area contributed by atoms with Crippen LogP contribution in [0.4, 0.5) is 0 Å². The van der Waals surface area contributed by atoms with Crippen LogP contribution in [0.1, 0.15) is 28.4 Å². The van der Waals surface area contributed by atoms with Gasteiger partial charge in [-0.15, -0.1) is 0 Å². The highest BCUT2D eigenvalue weighted by Gasteiger charge is 2.09. The van der Waals surface area contributed by atoms with E-state index in [2.05, 4.69) is 16.2 Å². The maximum absolute atomic E-state index is 12.1.